The Morgan fingerprint density at radius 1 is 1.44 bits per heavy atom. The van der Waals surface area contributed by atoms with Crippen molar-refractivity contribution in [1.29, 1.82) is 0 Å². The van der Waals surface area contributed by atoms with Crippen molar-refractivity contribution in [2.45, 2.75) is 13.8 Å². The van der Waals surface area contributed by atoms with Gasteiger partial charge in [0.15, 0.2) is 0 Å². The van der Waals surface area contributed by atoms with Crippen LogP contribution in [0.5, 0.6) is 0 Å². The number of benzene rings is 1. The van der Waals surface area contributed by atoms with Crippen LogP contribution in [-0.2, 0) is 0 Å². The van der Waals surface area contributed by atoms with E-state index in [0.717, 1.165) is 18.2 Å². The molecule has 6 nitrogen and oxygen atoms in total. The van der Waals surface area contributed by atoms with Gasteiger partial charge in [0.25, 0.3) is 5.69 Å². The average molecular weight is 255 g/mol. The molecule has 0 saturated heterocycles. The number of hydrogen-bond acceptors (Lipinski definition) is 3. The van der Waals surface area contributed by atoms with Gasteiger partial charge < -0.3 is 10.2 Å². The fourth-order valence-corrected chi connectivity index (χ4v) is 1.47. The minimum absolute atomic E-state index is 0.142. The number of nitro groups is 1. The number of urea groups is 1. The number of rotatable bonds is 4. The van der Waals surface area contributed by atoms with Gasteiger partial charge in [-0.05, 0) is 19.9 Å². The van der Waals surface area contributed by atoms with Crippen molar-refractivity contribution in [3.8, 4) is 0 Å². The first-order valence-electron chi connectivity index (χ1n) is 5.49. The van der Waals surface area contributed by atoms with Crippen molar-refractivity contribution < 1.29 is 14.1 Å². The molecule has 1 rings (SSSR count). The molecule has 0 fully saturated rings. The molecule has 0 unspecified atom stereocenters. The van der Waals surface area contributed by atoms with Crippen LogP contribution in [-0.4, -0.2) is 28.9 Å². The van der Waals surface area contributed by atoms with Crippen LogP contribution in [0.3, 0.4) is 0 Å². The Bertz CT molecular complexity index is 461. The lowest BCUT2D eigenvalue weighted by atomic mass is 10.2. The number of nitro benzene ring substituents is 1. The van der Waals surface area contributed by atoms with E-state index in [0.29, 0.717) is 13.1 Å². The van der Waals surface area contributed by atoms with Crippen molar-refractivity contribution >= 4 is 17.4 Å². The van der Waals surface area contributed by atoms with Crippen LogP contribution >= 0.6 is 0 Å². The second kappa shape index (κ2) is 5.95. The van der Waals surface area contributed by atoms with Gasteiger partial charge in [-0.3, -0.25) is 10.1 Å². The van der Waals surface area contributed by atoms with Crippen LogP contribution < -0.4 is 5.32 Å². The highest BCUT2D eigenvalue weighted by Gasteiger charge is 2.18. The Labute approximate surface area is 104 Å². The summed E-state index contributed by atoms with van der Waals surface area (Å²) in [5, 5.41) is 13.1. The number of anilines is 1. The van der Waals surface area contributed by atoms with E-state index in [9.17, 15) is 19.3 Å². The molecule has 0 aliphatic carbocycles. The van der Waals surface area contributed by atoms with Gasteiger partial charge in [-0.1, -0.05) is 0 Å². The van der Waals surface area contributed by atoms with Gasteiger partial charge in [0.05, 0.1) is 4.92 Å². The largest absolute Gasteiger partial charge is 0.325 e. The van der Waals surface area contributed by atoms with Gasteiger partial charge in [0.2, 0.25) is 0 Å². The molecule has 2 amide bonds. The van der Waals surface area contributed by atoms with E-state index in [1.54, 1.807) is 13.8 Å². The third kappa shape index (κ3) is 3.16. The quantitative estimate of drug-likeness (QED) is 0.663. The molecular weight excluding hydrogens is 241 g/mol. The summed E-state index contributed by atoms with van der Waals surface area (Å²) in [5.74, 6) is -0.643. The highest BCUT2D eigenvalue weighted by Crippen LogP contribution is 2.25. The van der Waals surface area contributed by atoms with Crippen molar-refractivity contribution in [3.05, 3.63) is 34.1 Å². The summed E-state index contributed by atoms with van der Waals surface area (Å²) >= 11 is 0. The monoisotopic (exact) mass is 255 g/mol. The first-order valence-corrected chi connectivity index (χ1v) is 5.49. The first-order chi connectivity index (χ1) is 8.49. The second-order valence-electron chi connectivity index (χ2n) is 3.52. The molecule has 0 aromatic heterocycles. The van der Waals surface area contributed by atoms with Gasteiger partial charge in [-0.25, -0.2) is 9.18 Å². The standard InChI is InChI=1S/C11H14FN3O3/c1-3-14(4-2)11(16)13-9-7-8(12)5-6-10(9)15(17)18/h5-7H,3-4H2,1-2H3,(H,13,16). The Hall–Kier alpha value is -2.18. The molecule has 98 valence electrons. The summed E-state index contributed by atoms with van der Waals surface area (Å²) < 4.78 is 13.0. The molecule has 0 aliphatic heterocycles. The number of hydrogen-bond donors (Lipinski definition) is 1. The van der Waals surface area contributed by atoms with Gasteiger partial charge in [-0.2, -0.15) is 0 Å². The zero-order chi connectivity index (χ0) is 13.7. The van der Waals surface area contributed by atoms with Crippen molar-refractivity contribution in [2.75, 3.05) is 18.4 Å². The van der Waals surface area contributed by atoms with Gasteiger partial charge in [-0.15, -0.1) is 0 Å². The molecule has 0 saturated carbocycles. The van der Waals surface area contributed by atoms with Crippen molar-refractivity contribution in [2.24, 2.45) is 0 Å². The molecule has 1 aromatic rings. The zero-order valence-electron chi connectivity index (χ0n) is 10.1. The van der Waals surface area contributed by atoms with Crippen LogP contribution in [0.2, 0.25) is 0 Å². The fourth-order valence-electron chi connectivity index (χ4n) is 1.47. The molecule has 1 N–H and O–H groups in total. The van der Waals surface area contributed by atoms with Crippen LogP contribution in [0.15, 0.2) is 18.2 Å². The summed E-state index contributed by atoms with van der Waals surface area (Å²) in [7, 11) is 0. The number of carbonyl (C=O) groups is 1. The lowest BCUT2D eigenvalue weighted by molar-refractivity contribution is -0.384. The van der Waals surface area contributed by atoms with Crippen LogP contribution in [0.25, 0.3) is 0 Å². The third-order valence-electron chi connectivity index (χ3n) is 2.45. The maximum atomic E-state index is 13.0. The summed E-state index contributed by atoms with van der Waals surface area (Å²) in [6.07, 6.45) is 0. The van der Waals surface area contributed by atoms with E-state index < -0.39 is 16.8 Å². The lowest BCUT2D eigenvalue weighted by Crippen LogP contribution is -2.34. The van der Waals surface area contributed by atoms with E-state index in [-0.39, 0.29) is 11.4 Å². The van der Waals surface area contributed by atoms with Gasteiger partial charge >= 0.3 is 6.03 Å². The molecule has 18 heavy (non-hydrogen) atoms. The minimum Gasteiger partial charge on any atom is -0.325 e. The van der Waals surface area contributed by atoms with E-state index in [1.165, 1.54) is 4.90 Å². The van der Waals surface area contributed by atoms with Gasteiger partial charge in [0.1, 0.15) is 11.5 Å². The fraction of sp³-hybridized carbons (Fsp3) is 0.364. The molecular formula is C11H14FN3O3. The number of nitrogens with one attached hydrogen (secondary N) is 1. The number of amides is 2. The molecule has 0 heterocycles. The zero-order valence-corrected chi connectivity index (χ0v) is 10.1. The van der Waals surface area contributed by atoms with Gasteiger partial charge in [0, 0.05) is 25.2 Å². The summed E-state index contributed by atoms with van der Waals surface area (Å²) in [6.45, 7) is 4.49. The molecule has 0 atom stereocenters. The Kier molecular flexibility index (Phi) is 4.59. The lowest BCUT2D eigenvalue weighted by Gasteiger charge is -2.19. The second-order valence-corrected chi connectivity index (χ2v) is 3.52. The van der Waals surface area contributed by atoms with Crippen LogP contribution in [0.4, 0.5) is 20.6 Å². The van der Waals surface area contributed by atoms with Crippen LogP contribution in [0.1, 0.15) is 13.8 Å². The topological polar surface area (TPSA) is 75.5 Å². The maximum Gasteiger partial charge on any atom is 0.322 e. The molecule has 0 spiro atoms. The third-order valence-corrected chi connectivity index (χ3v) is 2.45. The SMILES string of the molecule is CCN(CC)C(=O)Nc1cc(F)ccc1[N+](=O)[O-]. The van der Waals surface area contributed by atoms with E-state index in [1.807, 2.05) is 0 Å². The number of halogens is 1. The number of nitrogens with zero attached hydrogens (tertiary/aromatic N) is 2. The molecule has 7 heteroatoms. The summed E-state index contributed by atoms with van der Waals surface area (Å²) in [5.41, 5.74) is -0.478. The maximum absolute atomic E-state index is 13.0. The predicted molar refractivity (Wildman–Crippen MR) is 65.0 cm³/mol. The van der Waals surface area contributed by atoms with E-state index in [2.05, 4.69) is 5.32 Å². The Morgan fingerprint density at radius 2 is 2.06 bits per heavy atom. The Morgan fingerprint density at radius 3 is 2.56 bits per heavy atom. The predicted octanol–water partition coefficient (Wildman–Crippen LogP) is 2.61. The highest BCUT2D eigenvalue weighted by molar-refractivity contribution is 5.91. The van der Waals surface area contributed by atoms with Crippen LogP contribution in [0, 0.1) is 15.9 Å². The van der Waals surface area contributed by atoms with E-state index in [4.69, 9.17) is 0 Å². The molecule has 1 aromatic carbocycles. The van der Waals surface area contributed by atoms with Crippen molar-refractivity contribution in [3.63, 3.8) is 0 Å². The molecule has 0 radical (unpaired) electrons. The summed E-state index contributed by atoms with van der Waals surface area (Å²) in [6, 6.07) is 2.44. The Balaban J connectivity index is 2.99. The minimum atomic E-state index is -0.669. The smallest absolute Gasteiger partial charge is 0.322 e. The molecule has 0 bridgehead atoms. The molecule has 0 aliphatic rings. The first kappa shape index (κ1) is 13.9. The van der Waals surface area contributed by atoms with E-state index >= 15 is 0 Å². The average Bonchev–Trinajstić information content (AvgIpc) is 2.30. The highest BCUT2D eigenvalue weighted by atomic mass is 19.1. The summed E-state index contributed by atoms with van der Waals surface area (Å²) in [4.78, 5) is 23.2. The number of carbonyl (C=O) groups excluding carboxylic acids is 1. The normalized spacial score (nSPS) is 9.94. The van der Waals surface area contributed by atoms with Crippen molar-refractivity contribution in [1.82, 2.24) is 4.90 Å².